The summed E-state index contributed by atoms with van der Waals surface area (Å²) >= 11 is 0. The van der Waals surface area contributed by atoms with Crippen LogP contribution in [0.1, 0.15) is 67.2 Å². The third-order valence-electron chi connectivity index (χ3n) is 7.74. The maximum atomic E-state index is 13.2. The zero-order valence-corrected chi connectivity index (χ0v) is 30.5. The summed E-state index contributed by atoms with van der Waals surface area (Å²) in [6.07, 6.45) is -4.75. The van der Waals surface area contributed by atoms with Gasteiger partial charge in [-0.25, -0.2) is 4.79 Å². The van der Waals surface area contributed by atoms with E-state index in [0.29, 0.717) is 0 Å². The molecule has 0 heterocycles. The van der Waals surface area contributed by atoms with Gasteiger partial charge in [-0.15, -0.1) is 0 Å². The predicted molar refractivity (Wildman–Crippen MR) is 183 cm³/mol. The highest BCUT2D eigenvalue weighted by Crippen LogP contribution is 2.08. The van der Waals surface area contributed by atoms with Crippen LogP contribution < -0.4 is 43.4 Å². The van der Waals surface area contributed by atoms with E-state index in [4.69, 9.17) is 16.6 Å². The van der Waals surface area contributed by atoms with Crippen molar-refractivity contribution in [3.63, 3.8) is 0 Å². The Hall–Kier alpha value is -4.93. The number of rotatable bonds is 24. The molecule has 0 saturated heterocycles. The largest absolute Gasteiger partial charge is 0.481 e. The molecule has 0 aromatic rings. The standard InChI is InChI=1S/C31H54N8O14/c1-12(2)21(36-25(46)16(32)7-9-19(33)43)28(49)39-24(15(6)42)30(51)35-18(11-40)27(48)38-23(14(5)41)29(50)34-17(8-10-20(44)45)26(47)37-22(13(3)4)31(52)53/h12-18,21-24,40-42H,7-11,32H2,1-6H3,(H2,33,43)(H,34,50)(H,35,51)(H,36,46)(H,37,47)(H,38,48)(H,39,49)(H,44,45)(H,52,53)/t14-,15-,16+,17+,18+,21+,22+,23+,24+/m1/s1. The lowest BCUT2D eigenvalue weighted by Gasteiger charge is -2.29. The Morgan fingerprint density at radius 2 is 0.925 bits per heavy atom. The monoisotopic (exact) mass is 762 g/mol. The number of nitrogens with one attached hydrogen (secondary N) is 6. The van der Waals surface area contributed by atoms with E-state index in [0.717, 1.165) is 13.8 Å². The van der Waals surface area contributed by atoms with Crippen LogP contribution in [0.15, 0.2) is 0 Å². The predicted octanol–water partition coefficient (Wildman–Crippen LogP) is -5.50. The van der Waals surface area contributed by atoms with Crippen molar-refractivity contribution in [2.75, 3.05) is 6.61 Å². The summed E-state index contributed by atoms with van der Waals surface area (Å²) in [6.45, 7) is 7.17. The number of carbonyl (C=O) groups is 9. The van der Waals surface area contributed by atoms with Crippen LogP contribution >= 0.6 is 0 Å². The van der Waals surface area contributed by atoms with Crippen molar-refractivity contribution in [3.8, 4) is 0 Å². The fourth-order valence-electron chi connectivity index (χ4n) is 4.55. The Morgan fingerprint density at radius 3 is 1.32 bits per heavy atom. The van der Waals surface area contributed by atoms with E-state index in [-0.39, 0.29) is 12.8 Å². The first kappa shape index (κ1) is 48.1. The lowest BCUT2D eigenvalue weighted by atomic mass is 10.0. The number of aliphatic hydroxyl groups excluding tert-OH is 3. The van der Waals surface area contributed by atoms with Gasteiger partial charge in [0.25, 0.3) is 0 Å². The molecule has 53 heavy (non-hydrogen) atoms. The molecule has 22 heteroatoms. The SMILES string of the molecule is CC(C)[C@H](NC(=O)[C@H](CCC(=O)O)NC(=O)[C@@H](NC(=O)[C@H](CO)NC(=O)[C@@H](NC(=O)[C@@H](NC(=O)[C@@H](N)CCC(N)=O)C(C)C)[C@@H](C)O)[C@@H](C)O)C(=O)O. The lowest BCUT2D eigenvalue weighted by Crippen LogP contribution is -2.63. The maximum absolute atomic E-state index is 13.2. The summed E-state index contributed by atoms with van der Waals surface area (Å²) in [5.74, 6) is -11.1. The molecule has 0 aliphatic rings. The highest BCUT2D eigenvalue weighted by atomic mass is 16.4. The summed E-state index contributed by atoms with van der Waals surface area (Å²) in [5.41, 5.74) is 10.8. The highest BCUT2D eigenvalue weighted by molar-refractivity contribution is 5.97. The molecule has 0 saturated carbocycles. The third-order valence-corrected chi connectivity index (χ3v) is 7.74. The van der Waals surface area contributed by atoms with Crippen LogP contribution in [0.5, 0.6) is 0 Å². The van der Waals surface area contributed by atoms with E-state index in [1.54, 1.807) is 13.8 Å². The number of carboxylic acid groups (broad SMARTS) is 2. The fourth-order valence-corrected chi connectivity index (χ4v) is 4.55. The number of primary amides is 1. The molecule has 7 amide bonds. The molecule has 9 atom stereocenters. The molecule has 0 spiro atoms. The minimum atomic E-state index is -1.87. The molecule has 0 fully saturated rings. The van der Waals surface area contributed by atoms with Gasteiger partial charge >= 0.3 is 11.9 Å². The van der Waals surface area contributed by atoms with Gasteiger partial charge in [-0.3, -0.25) is 38.4 Å². The van der Waals surface area contributed by atoms with Crippen molar-refractivity contribution in [1.29, 1.82) is 0 Å². The maximum Gasteiger partial charge on any atom is 0.326 e. The Bertz CT molecular complexity index is 1330. The number of hydrogen-bond donors (Lipinski definition) is 13. The van der Waals surface area contributed by atoms with Crippen LogP contribution in [0.25, 0.3) is 0 Å². The average molecular weight is 763 g/mol. The van der Waals surface area contributed by atoms with E-state index in [1.807, 2.05) is 0 Å². The smallest absolute Gasteiger partial charge is 0.326 e. The topological polar surface area (TPSA) is 379 Å². The van der Waals surface area contributed by atoms with Crippen LogP contribution in [-0.2, 0) is 43.2 Å². The second kappa shape index (κ2) is 22.9. The van der Waals surface area contributed by atoms with Gasteiger partial charge in [0.15, 0.2) is 0 Å². The number of aliphatic hydroxyl groups is 3. The number of carboxylic acids is 2. The number of carbonyl (C=O) groups excluding carboxylic acids is 7. The fraction of sp³-hybridized carbons (Fsp3) is 0.710. The second-order valence-electron chi connectivity index (χ2n) is 13.1. The molecule has 0 radical (unpaired) electrons. The van der Waals surface area contributed by atoms with Crippen LogP contribution in [-0.4, -0.2) is 140 Å². The Labute approximate surface area is 305 Å². The molecular weight excluding hydrogens is 708 g/mol. The van der Waals surface area contributed by atoms with Gasteiger partial charge in [-0.2, -0.15) is 0 Å². The molecular formula is C31H54N8O14. The summed E-state index contributed by atoms with van der Waals surface area (Å²) < 4.78 is 0. The van der Waals surface area contributed by atoms with Crippen molar-refractivity contribution in [2.24, 2.45) is 23.3 Å². The first-order chi connectivity index (χ1) is 24.4. The average Bonchev–Trinajstić information content (AvgIpc) is 3.05. The third kappa shape index (κ3) is 17.0. The first-order valence-corrected chi connectivity index (χ1v) is 16.7. The first-order valence-electron chi connectivity index (χ1n) is 16.7. The van der Waals surface area contributed by atoms with Gasteiger partial charge in [-0.1, -0.05) is 27.7 Å². The van der Waals surface area contributed by atoms with Crippen molar-refractivity contribution >= 4 is 53.3 Å². The van der Waals surface area contributed by atoms with Crippen molar-refractivity contribution in [1.82, 2.24) is 31.9 Å². The second-order valence-corrected chi connectivity index (χ2v) is 13.1. The van der Waals surface area contributed by atoms with Crippen molar-refractivity contribution in [2.45, 2.75) is 122 Å². The molecule has 0 unspecified atom stereocenters. The zero-order valence-electron chi connectivity index (χ0n) is 30.5. The van der Waals surface area contributed by atoms with Crippen LogP contribution in [0.4, 0.5) is 0 Å². The van der Waals surface area contributed by atoms with E-state index in [2.05, 4.69) is 31.9 Å². The quantitative estimate of drug-likeness (QED) is 0.0436. The minimum absolute atomic E-state index is 0.110. The number of hydrogen-bond acceptors (Lipinski definition) is 13. The molecule has 22 nitrogen and oxygen atoms in total. The molecule has 0 aliphatic carbocycles. The number of amides is 7. The molecule has 0 aromatic heterocycles. The van der Waals surface area contributed by atoms with Gasteiger partial charge in [0, 0.05) is 12.8 Å². The Morgan fingerprint density at radius 1 is 0.528 bits per heavy atom. The van der Waals surface area contributed by atoms with Crippen molar-refractivity contribution in [3.05, 3.63) is 0 Å². The van der Waals surface area contributed by atoms with Gasteiger partial charge in [0.05, 0.1) is 24.9 Å². The minimum Gasteiger partial charge on any atom is -0.481 e. The highest BCUT2D eigenvalue weighted by Gasteiger charge is 2.36. The summed E-state index contributed by atoms with van der Waals surface area (Å²) in [4.78, 5) is 112. The van der Waals surface area contributed by atoms with E-state index in [9.17, 15) is 63.6 Å². The molecule has 0 aliphatic heterocycles. The summed E-state index contributed by atoms with van der Waals surface area (Å²) in [6, 6.07) is -11.0. The molecule has 15 N–H and O–H groups in total. The summed E-state index contributed by atoms with van der Waals surface area (Å²) in [7, 11) is 0. The van der Waals surface area contributed by atoms with E-state index < -0.39 is 139 Å². The lowest BCUT2D eigenvalue weighted by molar-refractivity contribution is -0.144. The Balaban J connectivity index is 5.93. The molecule has 302 valence electrons. The zero-order chi connectivity index (χ0) is 41.3. The summed E-state index contributed by atoms with van der Waals surface area (Å²) in [5, 5.41) is 62.3. The Kier molecular flexibility index (Phi) is 20.8. The molecule has 0 rings (SSSR count). The van der Waals surface area contributed by atoms with Crippen LogP contribution in [0, 0.1) is 11.8 Å². The number of aliphatic carboxylic acids is 2. The van der Waals surface area contributed by atoms with E-state index in [1.165, 1.54) is 13.8 Å². The van der Waals surface area contributed by atoms with Crippen molar-refractivity contribution < 1.29 is 68.7 Å². The van der Waals surface area contributed by atoms with Gasteiger partial charge < -0.3 is 68.9 Å². The van der Waals surface area contributed by atoms with Gasteiger partial charge in [0.2, 0.25) is 41.4 Å². The van der Waals surface area contributed by atoms with Crippen LogP contribution in [0.2, 0.25) is 0 Å². The normalized spacial score (nSPS) is 16.3. The number of nitrogens with two attached hydrogens (primary N) is 2. The molecule has 0 bridgehead atoms. The molecule has 0 aromatic carbocycles. The van der Waals surface area contributed by atoms with Gasteiger partial charge in [-0.05, 0) is 38.5 Å². The van der Waals surface area contributed by atoms with E-state index >= 15 is 0 Å². The van der Waals surface area contributed by atoms with Crippen LogP contribution in [0.3, 0.4) is 0 Å². The van der Waals surface area contributed by atoms with Gasteiger partial charge in [0.1, 0.15) is 36.3 Å².